The number of ether oxygens (including phenoxy) is 1. The fourth-order valence-corrected chi connectivity index (χ4v) is 5.51. The minimum atomic E-state index is 0.576. The first-order valence-corrected chi connectivity index (χ1v) is 13.7. The van der Waals surface area contributed by atoms with Crippen LogP contribution < -0.4 is 24.3 Å². The number of para-hydroxylation sites is 2. The Hall–Kier alpha value is -4.12. The largest absolute Gasteiger partial charge is 0.487 e. The molecule has 0 atom stereocenters. The third-order valence-corrected chi connectivity index (χ3v) is 7.69. The summed E-state index contributed by atoms with van der Waals surface area (Å²) in [5.41, 5.74) is 6.29. The van der Waals surface area contributed by atoms with Crippen molar-refractivity contribution in [1.82, 2.24) is 0 Å². The molecule has 6 rings (SSSR count). The predicted octanol–water partition coefficient (Wildman–Crippen LogP) is 5.92. The molecule has 38 heavy (non-hydrogen) atoms. The van der Waals surface area contributed by atoms with Gasteiger partial charge in [-0.05, 0) is 48.0 Å². The van der Waals surface area contributed by atoms with Gasteiger partial charge in [-0.2, -0.15) is 0 Å². The lowest BCUT2D eigenvalue weighted by molar-refractivity contribution is 0.306. The van der Waals surface area contributed by atoms with E-state index in [1.807, 2.05) is 6.07 Å². The molecule has 0 radical (unpaired) electrons. The molecule has 0 unspecified atom stereocenters. The summed E-state index contributed by atoms with van der Waals surface area (Å²) in [6, 6.07) is 38.7. The summed E-state index contributed by atoms with van der Waals surface area (Å²) in [7, 11) is 0. The molecule has 0 aromatic heterocycles. The van der Waals surface area contributed by atoms with E-state index in [2.05, 4.69) is 123 Å². The summed E-state index contributed by atoms with van der Waals surface area (Å²) < 4.78 is 6.42. The maximum atomic E-state index is 6.42. The molecule has 2 heterocycles. The van der Waals surface area contributed by atoms with E-state index in [9.17, 15) is 0 Å². The molecule has 4 aromatic rings. The lowest BCUT2D eigenvalue weighted by Crippen LogP contribution is -2.47. The molecule has 2 fully saturated rings. The molecule has 0 amide bonds. The monoisotopic (exact) mass is 504 g/mol. The second-order valence-electron chi connectivity index (χ2n) is 10.0. The van der Waals surface area contributed by atoms with Crippen LogP contribution in [0, 0.1) is 0 Å². The highest BCUT2D eigenvalue weighted by atomic mass is 16.5. The standard InChI is InChI=1S/C33H36N4O/c1-4-10-28(11-5-1)27-38-33-17-16-31(36-20-18-34(19-21-36)29-12-6-2-7-13-29)26-32(33)37-24-22-35(23-25-37)30-14-8-3-9-15-30/h1-17,26H,18-25,27H2. The smallest absolute Gasteiger partial charge is 0.143 e. The van der Waals surface area contributed by atoms with Gasteiger partial charge in [-0.25, -0.2) is 0 Å². The highest BCUT2D eigenvalue weighted by molar-refractivity contribution is 5.68. The maximum Gasteiger partial charge on any atom is 0.143 e. The summed E-state index contributed by atoms with van der Waals surface area (Å²) >= 11 is 0. The van der Waals surface area contributed by atoms with Gasteiger partial charge in [-0.1, -0.05) is 66.7 Å². The maximum absolute atomic E-state index is 6.42. The fraction of sp³-hybridized carbons (Fsp3) is 0.273. The second kappa shape index (κ2) is 11.5. The highest BCUT2D eigenvalue weighted by Gasteiger charge is 2.23. The molecular formula is C33H36N4O. The summed E-state index contributed by atoms with van der Waals surface area (Å²) in [5.74, 6) is 0.966. The van der Waals surface area contributed by atoms with E-state index in [-0.39, 0.29) is 0 Å². The first-order chi connectivity index (χ1) is 18.8. The number of hydrogen-bond acceptors (Lipinski definition) is 5. The van der Waals surface area contributed by atoms with Crippen molar-refractivity contribution in [2.45, 2.75) is 6.61 Å². The van der Waals surface area contributed by atoms with E-state index in [4.69, 9.17) is 4.74 Å². The van der Waals surface area contributed by atoms with Gasteiger partial charge in [0.15, 0.2) is 0 Å². The van der Waals surface area contributed by atoms with Crippen LogP contribution in [0.1, 0.15) is 5.56 Å². The van der Waals surface area contributed by atoms with Gasteiger partial charge in [0, 0.05) is 69.4 Å². The van der Waals surface area contributed by atoms with Gasteiger partial charge < -0.3 is 24.3 Å². The van der Waals surface area contributed by atoms with Crippen LogP contribution in [0.25, 0.3) is 0 Å². The molecule has 5 nitrogen and oxygen atoms in total. The molecule has 5 heteroatoms. The first-order valence-electron chi connectivity index (χ1n) is 13.7. The number of benzene rings is 4. The molecule has 0 N–H and O–H groups in total. The lowest BCUT2D eigenvalue weighted by atomic mass is 10.1. The molecule has 4 aromatic carbocycles. The van der Waals surface area contributed by atoms with Gasteiger partial charge in [0.05, 0.1) is 5.69 Å². The van der Waals surface area contributed by atoms with E-state index in [1.54, 1.807) is 0 Å². The molecule has 194 valence electrons. The zero-order chi connectivity index (χ0) is 25.6. The summed E-state index contributed by atoms with van der Waals surface area (Å²) in [6.45, 7) is 8.62. The van der Waals surface area contributed by atoms with Gasteiger partial charge in [0.25, 0.3) is 0 Å². The van der Waals surface area contributed by atoms with Crippen LogP contribution in [-0.2, 0) is 6.61 Å². The number of piperazine rings is 2. The number of hydrogen-bond donors (Lipinski definition) is 0. The van der Waals surface area contributed by atoms with Crippen molar-refractivity contribution in [1.29, 1.82) is 0 Å². The summed E-state index contributed by atoms with van der Waals surface area (Å²) in [4.78, 5) is 9.98. The van der Waals surface area contributed by atoms with E-state index >= 15 is 0 Å². The van der Waals surface area contributed by atoms with Gasteiger partial charge in [0.2, 0.25) is 0 Å². The van der Waals surface area contributed by atoms with Crippen LogP contribution in [0.3, 0.4) is 0 Å². The van der Waals surface area contributed by atoms with Crippen molar-refractivity contribution in [3.05, 3.63) is 115 Å². The van der Waals surface area contributed by atoms with Crippen molar-refractivity contribution in [2.24, 2.45) is 0 Å². The Morgan fingerprint density at radius 1 is 0.447 bits per heavy atom. The second-order valence-corrected chi connectivity index (χ2v) is 10.0. The van der Waals surface area contributed by atoms with Crippen molar-refractivity contribution < 1.29 is 4.74 Å². The van der Waals surface area contributed by atoms with Gasteiger partial charge >= 0.3 is 0 Å². The quantitative estimate of drug-likeness (QED) is 0.311. The fourth-order valence-electron chi connectivity index (χ4n) is 5.51. The van der Waals surface area contributed by atoms with E-state index < -0.39 is 0 Å². The highest BCUT2D eigenvalue weighted by Crippen LogP contribution is 2.35. The molecule has 2 aliphatic heterocycles. The van der Waals surface area contributed by atoms with Crippen LogP contribution in [0.2, 0.25) is 0 Å². The summed E-state index contributed by atoms with van der Waals surface area (Å²) in [5, 5.41) is 0. The van der Waals surface area contributed by atoms with Gasteiger partial charge in [-0.3, -0.25) is 0 Å². The van der Waals surface area contributed by atoms with Crippen LogP contribution in [0.15, 0.2) is 109 Å². The average molecular weight is 505 g/mol. The molecule has 2 aliphatic rings. The minimum Gasteiger partial charge on any atom is -0.487 e. The SMILES string of the molecule is c1ccc(COc2ccc(N3CCN(c4ccccc4)CC3)cc2N2CCN(c3ccccc3)CC2)cc1. The predicted molar refractivity (Wildman–Crippen MR) is 159 cm³/mol. The van der Waals surface area contributed by atoms with E-state index in [1.165, 1.54) is 28.3 Å². The molecule has 0 aliphatic carbocycles. The Bertz CT molecular complexity index is 1280. The van der Waals surface area contributed by atoms with Crippen LogP contribution in [0.5, 0.6) is 5.75 Å². The number of nitrogens with zero attached hydrogens (tertiary/aromatic N) is 4. The Balaban J connectivity index is 1.19. The molecule has 0 saturated carbocycles. The molecule has 0 spiro atoms. The summed E-state index contributed by atoms with van der Waals surface area (Å²) in [6.07, 6.45) is 0. The van der Waals surface area contributed by atoms with Gasteiger partial charge in [-0.15, -0.1) is 0 Å². The topological polar surface area (TPSA) is 22.2 Å². The Morgan fingerprint density at radius 2 is 0.895 bits per heavy atom. The van der Waals surface area contributed by atoms with Crippen molar-refractivity contribution in [2.75, 3.05) is 72.0 Å². The average Bonchev–Trinajstić information content (AvgIpc) is 3.01. The van der Waals surface area contributed by atoms with Crippen LogP contribution in [-0.4, -0.2) is 52.4 Å². The normalized spacial score (nSPS) is 16.0. The third-order valence-electron chi connectivity index (χ3n) is 7.69. The molecular weight excluding hydrogens is 468 g/mol. The Kier molecular flexibility index (Phi) is 7.34. The van der Waals surface area contributed by atoms with E-state index in [0.717, 1.165) is 58.1 Å². The van der Waals surface area contributed by atoms with E-state index in [0.29, 0.717) is 6.61 Å². The zero-order valence-electron chi connectivity index (χ0n) is 22.0. The Labute approximate surface area is 226 Å². The zero-order valence-corrected chi connectivity index (χ0v) is 22.0. The van der Waals surface area contributed by atoms with Gasteiger partial charge in [0.1, 0.15) is 12.4 Å². The molecule has 2 saturated heterocycles. The Morgan fingerprint density at radius 3 is 1.42 bits per heavy atom. The minimum absolute atomic E-state index is 0.576. The van der Waals surface area contributed by atoms with Crippen LogP contribution in [0.4, 0.5) is 22.7 Å². The number of anilines is 4. The van der Waals surface area contributed by atoms with Crippen LogP contribution >= 0.6 is 0 Å². The van der Waals surface area contributed by atoms with Crippen molar-refractivity contribution in [3.63, 3.8) is 0 Å². The van der Waals surface area contributed by atoms with Crippen molar-refractivity contribution in [3.8, 4) is 5.75 Å². The van der Waals surface area contributed by atoms with Crippen molar-refractivity contribution >= 4 is 22.7 Å². The molecule has 0 bridgehead atoms. The third kappa shape index (κ3) is 5.57. The lowest BCUT2D eigenvalue weighted by Gasteiger charge is -2.40. The first kappa shape index (κ1) is 24.2. The number of rotatable bonds is 7.